The van der Waals surface area contributed by atoms with E-state index in [2.05, 4.69) is 15.5 Å². The lowest BCUT2D eigenvalue weighted by Crippen LogP contribution is -2.13. The first-order valence-electron chi connectivity index (χ1n) is 6.45. The van der Waals surface area contributed by atoms with Crippen LogP contribution in [0.2, 0.25) is 0 Å². The summed E-state index contributed by atoms with van der Waals surface area (Å²) in [5.74, 6) is 0.691. The first-order chi connectivity index (χ1) is 10.1. The molecule has 1 aromatic heterocycles. The number of rotatable bonds is 5. The van der Waals surface area contributed by atoms with Gasteiger partial charge in [0.25, 0.3) is 0 Å². The molecule has 0 atom stereocenters. The number of pyridine rings is 1. The largest absolute Gasteiger partial charge is 0.481 e. The highest BCUT2D eigenvalue weighted by molar-refractivity contribution is 5.97. The van der Waals surface area contributed by atoms with Gasteiger partial charge in [0.1, 0.15) is 0 Å². The van der Waals surface area contributed by atoms with Crippen LogP contribution in [0, 0.1) is 6.92 Å². The van der Waals surface area contributed by atoms with E-state index in [4.69, 9.17) is 15.7 Å². The molecule has 0 spiro atoms. The Kier molecular flexibility index (Phi) is 4.61. The molecule has 0 bridgehead atoms. The van der Waals surface area contributed by atoms with E-state index in [0.717, 1.165) is 16.8 Å². The van der Waals surface area contributed by atoms with Gasteiger partial charge in [0.2, 0.25) is 5.88 Å². The van der Waals surface area contributed by atoms with Crippen LogP contribution in [0.3, 0.4) is 0 Å². The van der Waals surface area contributed by atoms with Crippen LogP contribution >= 0.6 is 0 Å². The SMILES string of the molecule is COc1ccc(NCc2ccc(/C(N)=N/O)cc2C)cn1. The minimum Gasteiger partial charge on any atom is -0.481 e. The summed E-state index contributed by atoms with van der Waals surface area (Å²) < 4.78 is 5.01. The van der Waals surface area contributed by atoms with Crippen LogP contribution in [0.4, 0.5) is 5.69 Å². The minimum absolute atomic E-state index is 0.108. The third-order valence-corrected chi connectivity index (χ3v) is 3.17. The molecule has 4 N–H and O–H groups in total. The van der Waals surface area contributed by atoms with Gasteiger partial charge in [-0.15, -0.1) is 0 Å². The van der Waals surface area contributed by atoms with Crippen LogP contribution in [0.5, 0.6) is 5.88 Å². The predicted molar refractivity (Wildman–Crippen MR) is 81.8 cm³/mol. The Morgan fingerprint density at radius 1 is 1.38 bits per heavy atom. The van der Waals surface area contributed by atoms with Gasteiger partial charge in [0.15, 0.2) is 5.84 Å². The highest BCUT2D eigenvalue weighted by Gasteiger charge is 2.04. The molecule has 0 aliphatic carbocycles. The van der Waals surface area contributed by atoms with Crippen molar-refractivity contribution in [1.82, 2.24) is 4.98 Å². The number of hydrogen-bond acceptors (Lipinski definition) is 5. The van der Waals surface area contributed by atoms with Crippen LogP contribution in [-0.4, -0.2) is 23.1 Å². The number of hydrogen-bond donors (Lipinski definition) is 3. The van der Waals surface area contributed by atoms with Crippen LogP contribution in [0.15, 0.2) is 41.7 Å². The molecule has 21 heavy (non-hydrogen) atoms. The van der Waals surface area contributed by atoms with Gasteiger partial charge in [0.05, 0.1) is 19.0 Å². The van der Waals surface area contributed by atoms with Gasteiger partial charge in [0, 0.05) is 18.2 Å². The quantitative estimate of drug-likeness (QED) is 0.339. The number of nitrogens with zero attached hydrogens (tertiary/aromatic N) is 2. The average molecular weight is 286 g/mol. The molecule has 6 nitrogen and oxygen atoms in total. The molecular formula is C15H18N4O2. The second-order valence-corrected chi connectivity index (χ2v) is 4.57. The Labute approximate surface area is 123 Å². The van der Waals surface area contributed by atoms with Gasteiger partial charge in [-0.1, -0.05) is 17.3 Å². The van der Waals surface area contributed by atoms with E-state index < -0.39 is 0 Å². The van der Waals surface area contributed by atoms with Crippen molar-refractivity contribution >= 4 is 11.5 Å². The number of aryl methyl sites for hydroxylation is 1. The Morgan fingerprint density at radius 2 is 2.19 bits per heavy atom. The molecule has 0 amide bonds. The number of aromatic nitrogens is 1. The van der Waals surface area contributed by atoms with Crippen LogP contribution < -0.4 is 15.8 Å². The van der Waals surface area contributed by atoms with Crippen molar-refractivity contribution in [3.63, 3.8) is 0 Å². The summed E-state index contributed by atoms with van der Waals surface area (Å²) in [6.07, 6.45) is 1.72. The molecule has 0 aliphatic heterocycles. The first kappa shape index (κ1) is 14.6. The van der Waals surface area contributed by atoms with Gasteiger partial charge >= 0.3 is 0 Å². The molecule has 0 unspecified atom stereocenters. The summed E-state index contributed by atoms with van der Waals surface area (Å²) in [6.45, 7) is 2.65. The molecule has 110 valence electrons. The van der Waals surface area contributed by atoms with E-state index in [1.165, 1.54) is 0 Å². The molecule has 2 aromatic rings. The molecule has 6 heteroatoms. The van der Waals surface area contributed by atoms with Gasteiger partial charge in [-0.2, -0.15) is 0 Å². The fraction of sp³-hybridized carbons (Fsp3) is 0.200. The van der Waals surface area contributed by atoms with E-state index >= 15 is 0 Å². The second-order valence-electron chi connectivity index (χ2n) is 4.57. The van der Waals surface area contributed by atoms with E-state index in [0.29, 0.717) is 18.0 Å². The van der Waals surface area contributed by atoms with Gasteiger partial charge in [-0.3, -0.25) is 0 Å². The molecule has 0 fully saturated rings. The average Bonchev–Trinajstić information content (AvgIpc) is 2.53. The first-order valence-corrected chi connectivity index (χ1v) is 6.45. The normalized spacial score (nSPS) is 11.2. The molecule has 0 radical (unpaired) electrons. The zero-order valence-electron chi connectivity index (χ0n) is 12.0. The standard InChI is InChI=1S/C15H18N4O2/c1-10-7-11(15(16)19-20)3-4-12(10)8-17-13-5-6-14(21-2)18-9-13/h3-7,9,17,20H,8H2,1-2H3,(H2,16,19). The van der Waals surface area contributed by atoms with Crippen molar-refractivity contribution < 1.29 is 9.94 Å². The number of oxime groups is 1. The summed E-state index contributed by atoms with van der Waals surface area (Å²) >= 11 is 0. The number of amidine groups is 1. The second kappa shape index (κ2) is 6.60. The van der Waals surface area contributed by atoms with Crippen molar-refractivity contribution in [2.24, 2.45) is 10.9 Å². The number of anilines is 1. The minimum atomic E-state index is 0.108. The summed E-state index contributed by atoms with van der Waals surface area (Å²) in [4.78, 5) is 4.14. The number of methoxy groups -OCH3 is 1. The zero-order valence-corrected chi connectivity index (χ0v) is 12.0. The number of nitrogens with two attached hydrogens (primary N) is 1. The van der Waals surface area contributed by atoms with Crippen molar-refractivity contribution in [1.29, 1.82) is 0 Å². The molecular weight excluding hydrogens is 268 g/mol. The van der Waals surface area contributed by atoms with E-state index in [-0.39, 0.29) is 5.84 Å². The van der Waals surface area contributed by atoms with Gasteiger partial charge in [-0.05, 0) is 30.2 Å². The maximum atomic E-state index is 8.68. The van der Waals surface area contributed by atoms with Gasteiger partial charge in [-0.25, -0.2) is 4.98 Å². The summed E-state index contributed by atoms with van der Waals surface area (Å²) in [5.41, 5.74) is 9.37. The van der Waals surface area contributed by atoms with E-state index in [1.54, 1.807) is 19.4 Å². The van der Waals surface area contributed by atoms with Gasteiger partial charge < -0.3 is 21.0 Å². The smallest absolute Gasteiger partial charge is 0.213 e. The van der Waals surface area contributed by atoms with Crippen LogP contribution in [0.1, 0.15) is 16.7 Å². The van der Waals surface area contributed by atoms with Crippen molar-refractivity contribution in [2.45, 2.75) is 13.5 Å². The topological polar surface area (TPSA) is 92.8 Å². The molecule has 0 saturated carbocycles. The molecule has 1 heterocycles. The summed E-state index contributed by atoms with van der Waals surface area (Å²) in [5, 5.41) is 15.0. The number of ether oxygens (including phenoxy) is 1. The fourth-order valence-corrected chi connectivity index (χ4v) is 1.91. The Morgan fingerprint density at radius 3 is 2.76 bits per heavy atom. The maximum Gasteiger partial charge on any atom is 0.213 e. The summed E-state index contributed by atoms with van der Waals surface area (Å²) in [6, 6.07) is 9.37. The highest BCUT2D eigenvalue weighted by Crippen LogP contribution is 2.15. The van der Waals surface area contributed by atoms with Crippen molar-refractivity contribution in [2.75, 3.05) is 12.4 Å². The van der Waals surface area contributed by atoms with Crippen LogP contribution in [-0.2, 0) is 6.54 Å². The number of nitrogens with one attached hydrogen (secondary N) is 1. The predicted octanol–water partition coefficient (Wildman–Crippen LogP) is 2.11. The third kappa shape index (κ3) is 3.62. The monoisotopic (exact) mass is 286 g/mol. The lowest BCUT2D eigenvalue weighted by Gasteiger charge is -2.10. The lowest BCUT2D eigenvalue weighted by molar-refractivity contribution is 0.318. The van der Waals surface area contributed by atoms with Crippen molar-refractivity contribution in [3.8, 4) is 5.88 Å². The summed E-state index contributed by atoms with van der Waals surface area (Å²) in [7, 11) is 1.59. The molecule has 2 rings (SSSR count). The highest BCUT2D eigenvalue weighted by atomic mass is 16.5. The van der Waals surface area contributed by atoms with E-state index in [9.17, 15) is 0 Å². The third-order valence-electron chi connectivity index (χ3n) is 3.17. The Bertz CT molecular complexity index is 639. The van der Waals surface area contributed by atoms with Crippen LogP contribution in [0.25, 0.3) is 0 Å². The Balaban J connectivity index is 2.05. The van der Waals surface area contributed by atoms with Crippen molar-refractivity contribution in [3.05, 3.63) is 53.2 Å². The molecule has 1 aromatic carbocycles. The number of benzene rings is 1. The maximum absolute atomic E-state index is 8.68. The molecule has 0 aliphatic rings. The molecule has 0 saturated heterocycles. The lowest BCUT2D eigenvalue weighted by atomic mass is 10.0. The zero-order chi connectivity index (χ0) is 15.2. The van der Waals surface area contributed by atoms with E-state index in [1.807, 2.05) is 31.2 Å². The Hall–Kier alpha value is -2.76. The fourth-order valence-electron chi connectivity index (χ4n) is 1.91.